The van der Waals surface area contributed by atoms with Crippen LogP contribution in [0.25, 0.3) is 0 Å². The topological polar surface area (TPSA) is 52.6 Å². The van der Waals surface area contributed by atoms with Gasteiger partial charge in [-0.2, -0.15) is 0 Å². The molecule has 1 N–H and O–H groups in total. The summed E-state index contributed by atoms with van der Waals surface area (Å²) >= 11 is 0. The van der Waals surface area contributed by atoms with Crippen LogP contribution >= 0.6 is 0 Å². The summed E-state index contributed by atoms with van der Waals surface area (Å²) in [6.07, 6.45) is 2.19. The zero-order chi connectivity index (χ0) is 14.5. The number of aryl methyl sites for hydroxylation is 1. The van der Waals surface area contributed by atoms with Gasteiger partial charge >= 0.3 is 0 Å². The molecule has 1 aliphatic rings. The van der Waals surface area contributed by atoms with Gasteiger partial charge in [0.05, 0.1) is 38.2 Å². The molecule has 0 saturated carbocycles. The quantitative estimate of drug-likeness (QED) is 0.888. The molecule has 1 aromatic rings. The van der Waals surface area contributed by atoms with E-state index >= 15 is 0 Å². The zero-order valence-corrected chi connectivity index (χ0v) is 12.7. The number of aromatic nitrogens is 1. The van der Waals surface area contributed by atoms with Crippen LogP contribution in [0.4, 0.5) is 0 Å². The Labute approximate surface area is 120 Å². The standard InChI is InChI=1S/C15H24N2O3/c1-10-5-17-14(12(3)15(10)18-4)9-19-8-13-7-16-6-11(2)20-13/h5,11,13,16H,6-9H2,1-4H3. The molecule has 5 heteroatoms. The molecule has 0 amide bonds. The van der Waals surface area contributed by atoms with Crippen molar-refractivity contribution < 1.29 is 14.2 Å². The van der Waals surface area contributed by atoms with E-state index in [0.29, 0.717) is 13.2 Å². The van der Waals surface area contributed by atoms with E-state index in [1.807, 2.05) is 20.0 Å². The summed E-state index contributed by atoms with van der Waals surface area (Å²) in [5, 5.41) is 3.33. The summed E-state index contributed by atoms with van der Waals surface area (Å²) in [7, 11) is 1.68. The summed E-state index contributed by atoms with van der Waals surface area (Å²) < 4.78 is 16.9. The number of hydrogen-bond donors (Lipinski definition) is 1. The molecule has 0 aromatic carbocycles. The third kappa shape index (κ3) is 3.69. The molecule has 0 aliphatic carbocycles. The predicted molar refractivity (Wildman–Crippen MR) is 77.1 cm³/mol. The molecule has 0 radical (unpaired) electrons. The van der Waals surface area contributed by atoms with E-state index in [9.17, 15) is 0 Å². The van der Waals surface area contributed by atoms with E-state index in [4.69, 9.17) is 14.2 Å². The Bertz CT molecular complexity index is 451. The van der Waals surface area contributed by atoms with Crippen molar-refractivity contribution in [3.05, 3.63) is 23.0 Å². The van der Waals surface area contributed by atoms with Crippen molar-refractivity contribution in [2.24, 2.45) is 0 Å². The number of pyridine rings is 1. The fourth-order valence-electron chi connectivity index (χ4n) is 2.47. The minimum atomic E-state index is 0.117. The van der Waals surface area contributed by atoms with E-state index in [1.165, 1.54) is 0 Å². The molecule has 20 heavy (non-hydrogen) atoms. The lowest BCUT2D eigenvalue weighted by atomic mass is 10.1. The maximum Gasteiger partial charge on any atom is 0.128 e. The smallest absolute Gasteiger partial charge is 0.128 e. The average Bonchev–Trinajstić information content (AvgIpc) is 2.42. The van der Waals surface area contributed by atoms with Gasteiger partial charge in [-0.3, -0.25) is 4.98 Å². The summed E-state index contributed by atoms with van der Waals surface area (Å²) in [5.74, 6) is 0.891. The van der Waals surface area contributed by atoms with Gasteiger partial charge < -0.3 is 19.5 Å². The highest BCUT2D eigenvalue weighted by molar-refractivity contribution is 5.40. The second kappa shape index (κ2) is 7.02. The normalized spacial score (nSPS) is 22.8. The Morgan fingerprint density at radius 1 is 1.40 bits per heavy atom. The summed E-state index contributed by atoms with van der Waals surface area (Å²) in [6, 6.07) is 0. The van der Waals surface area contributed by atoms with E-state index < -0.39 is 0 Å². The summed E-state index contributed by atoms with van der Waals surface area (Å²) in [5.41, 5.74) is 3.01. The molecule has 0 spiro atoms. The number of nitrogens with one attached hydrogen (secondary N) is 1. The fraction of sp³-hybridized carbons (Fsp3) is 0.667. The zero-order valence-electron chi connectivity index (χ0n) is 12.7. The number of ether oxygens (including phenoxy) is 3. The Morgan fingerprint density at radius 3 is 2.90 bits per heavy atom. The Kier molecular flexibility index (Phi) is 5.34. The van der Waals surface area contributed by atoms with Crippen LogP contribution in [0.5, 0.6) is 5.75 Å². The van der Waals surface area contributed by atoms with Gasteiger partial charge in [0.2, 0.25) is 0 Å². The third-order valence-corrected chi connectivity index (χ3v) is 3.52. The van der Waals surface area contributed by atoms with E-state index in [-0.39, 0.29) is 12.2 Å². The highest BCUT2D eigenvalue weighted by Gasteiger charge is 2.19. The lowest BCUT2D eigenvalue weighted by Gasteiger charge is -2.28. The van der Waals surface area contributed by atoms with Crippen LogP contribution in [0.15, 0.2) is 6.20 Å². The number of hydrogen-bond acceptors (Lipinski definition) is 5. The average molecular weight is 280 g/mol. The van der Waals surface area contributed by atoms with Gasteiger partial charge in [0.15, 0.2) is 0 Å². The van der Waals surface area contributed by atoms with Crippen molar-refractivity contribution in [3.8, 4) is 5.75 Å². The molecule has 2 heterocycles. The molecular weight excluding hydrogens is 256 g/mol. The maximum atomic E-state index is 5.79. The molecule has 2 rings (SSSR count). The molecular formula is C15H24N2O3. The molecule has 1 aliphatic heterocycles. The van der Waals surface area contributed by atoms with Crippen LogP contribution in [0.1, 0.15) is 23.7 Å². The third-order valence-electron chi connectivity index (χ3n) is 3.52. The highest BCUT2D eigenvalue weighted by atomic mass is 16.5. The molecule has 1 aromatic heterocycles. The van der Waals surface area contributed by atoms with E-state index in [1.54, 1.807) is 7.11 Å². The molecule has 2 atom stereocenters. The molecule has 1 saturated heterocycles. The van der Waals surface area contributed by atoms with Gasteiger partial charge in [0, 0.05) is 30.4 Å². The molecule has 2 unspecified atom stereocenters. The molecule has 0 bridgehead atoms. The Balaban J connectivity index is 1.88. The van der Waals surface area contributed by atoms with Crippen LogP contribution in [-0.2, 0) is 16.1 Å². The molecule has 5 nitrogen and oxygen atoms in total. The van der Waals surface area contributed by atoms with E-state index in [2.05, 4.69) is 17.2 Å². The monoisotopic (exact) mass is 280 g/mol. The predicted octanol–water partition coefficient (Wildman–Crippen LogP) is 1.60. The first-order valence-corrected chi connectivity index (χ1v) is 7.04. The minimum Gasteiger partial charge on any atom is -0.496 e. The number of nitrogens with zero attached hydrogens (tertiary/aromatic N) is 1. The number of rotatable bonds is 5. The second-order valence-corrected chi connectivity index (χ2v) is 5.29. The summed E-state index contributed by atoms with van der Waals surface area (Å²) in [4.78, 5) is 4.42. The van der Waals surface area contributed by atoms with Gasteiger partial charge in [-0.05, 0) is 20.8 Å². The number of morpholine rings is 1. The van der Waals surface area contributed by atoms with Gasteiger partial charge in [-0.15, -0.1) is 0 Å². The largest absolute Gasteiger partial charge is 0.496 e. The van der Waals surface area contributed by atoms with Gasteiger partial charge in [0.25, 0.3) is 0 Å². The minimum absolute atomic E-state index is 0.117. The lowest BCUT2D eigenvalue weighted by molar-refractivity contribution is -0.0720. The first-order chi connectivity index (χ1) is 9.61. The van der Waals surface area contributed by atoms with Crippen LogP contribution < -0.4 is 10.1 Å². The van der Waals surface area contributed by atoms with Gasteiger partial charge in [-0.1, -0.05) is 0 Å². The molecule has 1 fully saturated rings. The second-order valence-electron chi connectivity index (χ2n) is 5.29. The van der Waals surface area contributed by atoms with Gasteiger partial charge in [-0.25, -0.2) is 0 Å². The van der Waals surface area contributed by atoms with Crippen LogP contribution in [0.3, 0.4) is 0 Å². The van der Waals surface area contributed by atoms with Crippen molar-refractivity contribution in [1.29, 1.82) is 0 Å². The maximum absolute atomic E-state index is 5.79. The van der Waals surface area contributed by atoms with Crippen LogP contribution in [0, 0.1) is 13.8 Å². The Hall–Kier alpha value is -1.17. The van der Waals surface area contributed by atoms with Crippen molar-refractivity contribution in [1.82, 2.24) is 10.3 Å². The van der Waals surface area contributed by atoms with Crippen LogP contribution in [-0.4, -0.2) is 44.0 Å². The first kappa shape index (κ1) is 15.2. The molecule has 112 valence electrons. The SMILES string of the molecule is COc1c(C)cnc(COCC2CNCC(C)O2)c1C. The van der Waals surface area contributed by atoms with Crippen LogP contribution in [0.2, 0.25) is 0 Å². The fourth-order valence-corrected chi connectivity index (χ4v) is 2.47. The Morgan fingerprint density at radius 2 is 2.20 bits per heavy atom. The first-order valence-electron chi connectivity index (χ1n) is 7.04. The van der Waals surface area contributed by atoms with E-state index in [0.717, 1.165) is 35.7 Å². The lowest BCUT2D eigenvalue weighted by Crippen LogP contribution is -2.45. The van der Waals surface area contributed by atoms with Crippen molar-refractivity contribution in [2.75, 3.05) is 26.8 Å². The summed E-state index contributed by atoms with van der Waals surface area (Å²) in [6.45, 7) is 8.88. The van der Waals surface area contributed by atoms with Gasteiger partial charge in [0.1, 0.15) is 5.75 Å². The van der Waals surface area contributed by atoms with Crippen molar-refractivity contribution in [2.45, 2.75) is 39.6 Å². The van der Waals surface area contributed by atoms with Crippen molar-refractivity contribution in [3.63, 3.8) is 0 Å². The number of methoxy groups -OCH3 is 1. The highest BCUT2D eigenvalue weighted by Crippen LogP contribution is 2.24. The van der Waals surface area contributed by atoms with Crippen molar-refractivity contribution >= 4 is 0 Å².